The van der Waals surface area contributed by atoms with Gasteiger partial charge in [0.1, 0.15) is 0 Å². The number of carbonyl (C=O) groups excluding carboxylic acids is 1. The van der Waals surface area contributed by atoms with Crippen LogP contribution in [-0.4, -0.2) is 36.9 Å². The van der Waals surface area contributed by atoms with Crippen molar-refractivity contribution >= 4 is 11.5 Å². The number of hydrogen-bond donors (Lipinski definition) is 2. The van der Waals surface area contributed by atoms with Crippen molar-refractivity contribution in [2.75, 3.05) is 31.9 Å². The van der Waals surface area contributed by atoms with E-state index in [4.69, 9.17) is 5.73 Å². The van der Waals surface area contributed by atoms with E-state index in [1.54, 1.807) is 0 Å². The first-order valence-electron chi connectivity index (χ1n) is 6.66. The quantitative estimate of drug-likeness (QED) is 0.619. The average molecular weight is 259 g/mol. The molecule has 0 amide bonds. The first-order valence-corrected chi connectivity index (χ1v) is 6.66. The normalized spacial score (nSPS) is 17.9. The second-order valence-electron chi connectivity index (χ2n) is 4.84. The molecular formula is C15H21N3O. The van der Waals surface area contributed by atoms with E-state index in [0.717, 1.165) is 37.4 Å². The SMILES string of the molecule is C=CC(=O)CC(c1ccc(N)cc1)N1CCNCC1. The highest BCUT2D eigenvalue weighted by atomic mass is 16.1. The van der Waals surface area contributed by atoms with E-state index in [0.29, 0.717) is 6.42 Å². The van der Waals surface area contributed by atoms with Crippen LogP contribution in [0.15, 0.2) is 36.9 Å². The second-order valence-corrected chi connectivity index (χ2v) is 4.84. The third kappa shape index (κ3) is 3.66. The van der Waals surface area contributed by atoms with Crippen LogP contribution in [0.5, 0.6) is 0 Å². The summed E-state index contributed by atoms with van der Waals surface area (Å²) >= 11 is 0. The predicted molar refractivity (Wildman–Crippen MR) is 77.9 cm³/mol. The summed E-state index contributed by atoms with van der Waals surface area (Å²) in [5, 5.41) is 3.33. The van der Waals surface area contributed by atoms with E-state index in [-0.39, 0.29) is 11.8 Å². The summed E-state index contributed by atoms with van der Waals surface area (Å²) in [6.45, 7) is 7.41. The lowest BCUT2D eigenvalue weighted by Gasteiger charge is -2.34. The number of hydrogen-bond acceptors (Lipinski definition) is 4. The monoisotopic (exact) mass is 259 g/mol. The molecule has 0 aliphatic carbocycles. The summed E-state index contributed by atoms with van der Waals surface area (Å²) in [4.78, 5) is 14.1. The molecule has 102 valence electrons. The highest BCUT2D eigenvalue weighted by molar-refractivity contribution is 5.89. The second kappa shape index (κ2) is 6.50. The van der Waals surface area contributed by atoms with Crippen LogP contribution in [0.2, 0.25) is 0 Å². The van der Waals surface area contributed by atoms with Gasteiger partial charge in [0.2, 0.25) is 0 Å². The summed E-state index contributed by atoms with van der Waals surface area (Å²) in [6.07, 6.45) is 1.89. The molecule has 4 heteroatoms. The van der Waals surface area contributed by atoms with E-state index < -0.39 is 0 Å². The summed E-state index contributed by atoms with van der Waals surface area (Å²) in [7, 11) is 0. The maximum Gasteiger partial charge on any atom is 0.157 e. The highest BCUT2D eigenvalue weighted by Gasteiger charge is 2.23. The van der Waals surface area contributed by atoms with Crippen LogP contribution in [0, 0.1) is 0 Å². The van der Waals surface area contributed by atoms with E-state index in [1.165, 1.54) is 6.08 Å². The number of nitrogens with one attached hydrogen (secondary N) is 1. The van der Waals surface area contributed by atoms with Gasteiger partial charge in [-0.3, -0.25) is 9.69 Å². The minimum atomic E-state index is 0.0837. The van der Waals surface area contributed by atoms with Crippen LogP contribution in [0.1, 0.15) is 18.0 Å². The Balaban J connectivity index is 2.19. The van der Waals surface area contributed by atoms with Crippen molar-refractivity contribution in [2.24, 2.45) is 0 Å². The molecule has 1 aliphatic rings. The molecule has 2 rings (SSSR count). The van der Waals surface area contributed by atoms with E-state index >= 15 is 0 Å². The van der Waals surface area contributed by atoms with Crippen LogP contribution in [0.3, 0.4) is 0 Å². The molecule has 0 radical (unpaired) electrons. The molecule has 0 saturated carbocycles. The fourth-order valence-electron chi connectivity index (χ4n) is 2.44. The Morgan fingerprint density at radius 3 is 2.58 bits per heavy atom. The van der Waals surface area contributed by atoms with Gasteiger partial charge in [-0.05, 0) is 23.8 Å². The molecule has 1 aromatic rings. The van der Waals surface area contributed by atoms with E-state index in [9.17, 15) is 4.79 Å². The maximum absolute atomic E-state index is 11.7. The molecule has 1 saturated heterocycles. The fourth-order valence-corrected chi connectivity index (χ4v) is 2.44. The van der Waals surface area contributed by atoms with E-state index in [2.05, 4.69) is 16.8 Å². The molecular weight excluding hydrogens is 238 g/mol. The Kier molecular flexibility index (Phi) is 4.71. The van der Waals surface area contributed by atoms with Gasteiger partial charge in [-0.25, -0.2) is 0 Å². The van der Waals surface area contributed by atoms with Crippen molar-refractivity contribution in [3.63, 3.8) is 0 Å². The highest BCUT2D eigenvalue weighted by Crippen LogP contribution is 2.26. The zero-order chi connectivity index (χ0) is 13.7. The van der Waals surface area contributed by atoms with Crippen molar-refractivity contribution in [1.82, 2.24) is 10.2 Å². The topological polar surface area (TPSA) is 58.4 Å². The number of nitrogens with two attached hydrogens (primary N) is 1. The molecule has 0 bridgehead atoms. The van der Waals surface area contributed by atoms with Crippen LogP contribution in [0.4, 0.5) is 5.69 Å². The van der Waals surface area contributed by atoms with Crippen LogP contribution in [0.25, 0.3) is 0 Å². The molecule has 1 fully saturated rings. The lowest BCUT2D eigenvalue weighted by molar-refractivity contribution is -0.115. The lowest BCUT2D eigenvalue weighted by Crippen LogP contribution is -2.45. The first-order chi connectivity index (χ1) is 9.20. The summed E-state index contributed by atoms with van der Waals surface area (Å²) < 4.78 is 0. The van der Waals surface area contributed by atoms with Gasteiger partial charge in [0.15, 0.2) is 5.78 Å². The Morgan fingerprint density at radius 1 is 1.37 bits per heavy atom. The Morgan fingerprint density at radius 2 is 2.00 bits per heavy atom. The maximum atomic E-state index is 11.7. The number of piperazine rings is 1. The average Bonchev–Trinajstić information content (AvgIpc) is 2.46. The third-order valence-corrected chi connectivity index (χ3v) is 3.54. The summed E-state index contributed by atoms with van der Waals surface area (Å²) in [6, 6.07) is 7.93. The molecule has 3 N–H and O–H groups in total. The minimum Gasteiger partial charge on any atom is -0.399 e. The minimum absolute atomic E-state index is 0.0837. The van der Waals surface area contributed by atoms with Crippen LogP contribution in [-0.2, 0) is 4.79 Å². The number of anilines is 1. The van der Waals surface area contributed by atoms with Gasteiger partial charge in [0.25, 0.3) is 0 Å². The number of ketones is 1. The largest absolute Gasteiger partial charge is 0.399 e. The van der Waals surface area contributed by atoms with Crippen molar-refractivity contribution in [3.8, 4) is 0 Å². The van der Waals surface area contributed by atoms with Gasteiger partial charge < -0.3 is 11.1 Å². The number of nitrogen functional groups attached to an aromatic ring is 1. The number of rotatable bonds is 5. The van der Waals surface area contributed by atoms with Gasteiger partial charge >= 0.3 is 0 Å². The molecule has 19 heavy (non-hydrogen) atoms. The number of nitrogens with zero attached hydrogens (tertiary/aromatic N) is 1. The standard InChI is InChI=1S/C15H21N3O/c1-2-14(19)11-15(18-9-7-17-8-10-18)12-3-5-13(16)6-4-12/h2-6,15,17H,1,7-11,16H2. The van der Waals surface area contributed by atoms with Crippen molar-refractivity contribution < 1.29 is 4.79 Å². The zero-order valence-electron chi connectivity index (χ0n) is 11.1. The molecule has 1 unspecified atom stereocenters. The molecule has 0 aromatic heterocycles. The Hall–Kier alpha value is -1.65. The van der Waals surface area contributed by atoms with Gasteiger partial charge in [0, 0.05) is 44.3 Å². The third-order valence-electron chi connectivity index (χ3n) is 3.54. The first kappa shape index (κ1) is 13.8. The number of benzene rings is 1. The van der Waals surface area contributed by atoms with Crippen LogP contribution >= 0.6 is 0 Å². The lowest BCUT2D eigenvalue weighted by atomic mass is 9.98. The zero-order valence-corrected chi connectivity index (χ0v) is 11.1. The smallest absolute Gasteiger partial charge is 0.157 e. The summed E-state index contributed by atoms with van der Waals surface area (Å²) in [5.41, 5.74) is 7.62. The molecule has 1 aliphatic heterocycles. The molecule has 0 spiro atoms. The van der Waals surface area contributed by atoms with Crippen molar-refractivity contribution in [2.45, 2.75) is 12.5 Å². The summed E-state index contributed by atoms with van der Waals surface area (Å²) in [5.74, 6) is 0.0837. The molecule has 1 aromatic carbocycles. The fraction of sp³-hybridized carbons (Fsp3) is 0.400. The van der Waals surface area contributed by atoms with Crippen molar-refractivity contribution in [1.29, 1.82) is 0 Å². The van der Waals surface area contributed by atoms with Gasteiger partial charge in [-0.2, -0.15) is 0 Å². The predicted octanol–water partition coefficient (Wildman–Crippen LogP) is 1.36. The van der Waals surface area contributed by atoms with E-state index in [1.807, 2.05) is 24.3 Å². The van der Waals surface area contributed by atoms with Gasteiger partial charge in [-0.15, -0.1) is 0 Å². The molecule has 4 nitrogen and oxygen atoms in total. The molecule has 1 atom stereocenters. The van der Waals surface area contributed by atoms with Crippen molar-refractivity contribution in [3.05, 3.63) is 42.5 Å². The number of allylic oxidation sites excluding steroid dienone is 1. The number of carbonyl (C=O) groups is 1. The Bertz CT molecular complexity index is 435. The molecule has 1 heterocycles. The van der Waals surface area contributed by atoms with Gasteiger partial charge in [-0.1, -0.05) is 18.7 Å². The van der Waals surface area contributed by atoms with Crippen LogP contribution < -0.4 is 11.1 Å². The van der Waals surface area contributed by atoms with Gasteiger partial charge in [0.05, 0.1) is 0 Å². The Labute approximate surface area is 114 Å².